The Hall–Kier alpha value is -3.38. The summed E-state index contributed by atoms with van der Waals surface area (Å²) in [6, 6.07) is 26.4. The molecule has 0 fully saturated rings. The number of hydrogen-bond acceptors (Lipinski definition) is 5. The van der Waals surface area contributed by atoms with Gasteiger partial charge in [-0.15, -0.1) is 10.2 Å². The summed E-state index contributed by atoms with van der Waals surface area (Å²) in [4.78, 5) is 0. The first-order chi connectivity index (χ1) is 14.8. The van der Waals surface area contributed by atoms with Gasteiger partial charge in [0, 0.05) is 11.3 Å². The van der Waals surface area contributed by atoms with E-state index in [1.165, 1.54) is 16.7 Å². The number of aromatic nitrogens is 3. The molecule has 1 aromatic heterocycles. The van der Waals surface area contributed by atoms with Gasteiger partial charge in [0.05, 0.1) is 6.21 Å². The Morgan fingerprint density at radius 1 is 0.967 bits per heavy atom. The van der Waals surface area contributed by atoms with Gasteiger partial charge in [-0.05, 0) is 35.7 Å². The fraction of sp³-hybridized carbons (Fsp3) is 0.125. The van der Waals surface area contributed by atoms with Crippen LogP contribution in [-0.2, 0) is 12.4 Å². The number of rotatable bonds is 8. The molecule has 0 amide bonds. The maximum absolute atomic E-state index is 6.07. The van der Waals surface area contributed by atoms with Crippen LogP contribution in [0.3, 0.4) is 0 Å². The smallest absolute Gasteiger partial charge is 0.212 e. The van der Waals surface area contributed by atoms with Crippen molar-refractivity contribution in [2.75, 3.05) is 0 Å². The Morgan fingerprint density at radius 3 is 2.60 bits per heavy atom. The van der Waals surface area contributed by atoms with E-state index < -0.39 is 0 Å². The second-order valence-corrected chi connectivity index (χ2v) is 7.67. The third-order valence-electron chi connectivity index (χ3n) is 4.60. The maximum atomic E-state index is 6.07. The number of benzene rings is 3. The summed E-state index contributed by atoms with van der Waals surface area (Å²) in [5.74, 6) is 1.60. The summed E-state index contributed by atoms with van der Waals surface area (Å²) < 4.78 is 7.76. The lowest BCUT2D eigenvalue weighted by molar-refractivity contribution is 0.305. The molecule has 4 aromatic rings. The van der Waals surface area contributed by atoms with Crippen molar-refractivity contribution in [1.82, 2.24) is 14.9 Å². The second kappa shape index (κ2) is 9.89. The second-order valence-electron chi connectivity index (χ2n) is 6.73. The fourth-order valence-corrected chi connectivity index (χ4v) is 3.71. The minimum atomic E-state index is 0.516. The number of para-hydroxylation sites is 1. The lowest BCUT2D eigenvalue weighted by Crippen LogP contribution is -2.00. The molecule has 0 aliphatic heterocycles. The monoisotopic (exact) mass is 414 g/mol. The minimum absolute atomic E-state index is 0.516. The van der Waals surface area contributed by atoms with Crippen molar-refractivity contribution in [3.05, 3.63) is 107 Å². The van der Waals surface area contributed by atoms with Crippen LogP contribution in [0.1, 0.15) is 22.3 Å². The SMILES string of the molecule is Cc1ccccc1COc1ccccc1/C=N\n1cnnc1SCc1ccccc1. The Morgan fingerprint density at radius 2 is 1.73 bits per heavy atom. The number of thioether (sulfide) groups is 1. The van der Waals surface area contributed by atoms with E-state index in [-0.39, 0.29) is 0 Å². The molecule has 150 valence electrons. The van der Waals surface area contributed by atoms with Crippen molar-refractivity contribution < 1.29 is 4.74 Å². The summed E-state index contributed by atoms with van der Waals surface area (Å²) in [7, 11) is 0. The van der Waals surface area contributed by atoms with E-state index in [4.69, 9.17) is 4.74 Å². The molecule has 0 bridgehead atoms. The van der Waals surface area contributed by atoms with Crippen LogP contribution in [0.25, 0.3) is 0 Å². The Balaban J connectivity index is 1.45. The summed E-state index contributed by atoms with van der Waals surface area (Å²) in [5, 5.41) is 13.5. The molecule has 1 heterocycles. The first-order valence-electron chi connectivity index (χ1n) is 9.67. The van der Waals surface area contributed by atoms with Gasteiger partial charge >= 0.3 is 0 Å². The minimum Gasteiger partial charge on any atom is -0.488 e. The number of aryl methyl sites for hydroxylation is 1. The van der Waals surface area contributed by atoms with E-state index in [1.807, 2.05) is 54.6 Å². The van der Waals surface area contributed by atoms with Crippen molar-refractivity contribution in [1.29, 1.82) is 0 Å². The number of hydrogen-bond donors (Lipinski definition) is 0. The highest BCUT2D eigenvalue weighted by molar-refractivity contribution is 7.98. The van der Waals surface area contributed by atoms with Gasteiger partial charge in [0.15, 0.2) is 0 Å². The van der Waals surface area contributed by atoms with E-state index in [0.29, 0.717) is 6.61 Å². The summed E-state index contributed by atoms with van der Waals surface area (Å²) in [6.07, 6.45) is 3.39. The summed E-state index contributed by atoms with van der Waals surface area (Å²) >= 11 is 1.60. The van der Waals surface area contributed by atoms with Gasteiger partial charge in [0.25, 0.3) is 0 Å². The molecule has 3 aromatic carbocycles. The first kappa shape index (κ1) is 19.9. The van der Waals surface area contributed by atoms with Crippen molar-refractivity contribution in [3.8, 4) is 5.75 Å². The summed E-state index contributed by atoms with van der Waals surface area (Å²) in [5.41, 5.74) is 4.52. The highest BCUT2D eigenvalue weighted by Crippen LogP contribution is 2.21. The van der Waals surface area contributed by atoms with Crippen LogP contribution in [0.15, 0.2) is 95.4 Å². The Labute approximate surface area is 180 Å². The molecule has 0 radical (unpaired) electrons. The summed E-state index contributed by atoms with van der Waals surface area (Å²) in [6.45, 7) is 2.61. The van der Waals surface area contributed by atoms with E-state index in [1.54, 1.807) is 29.0 Å². The predicted molar refractivity (Wildman–Crippen MR) is 121 cm³/mol. The standard InChI is InChI=1S/C24H22N4OS/c1-19-9-5-6-13-22(19)16-29-23-14-8-7-12-21(23)15-26-28-18-25-27-24(28)30-17-20-10-3-2-4-11-20/h2-15,18H,16-17H2,1H3/b26-15-. The third kappa shape index (κ3) is 5.15. The molecule has 4 rings (SSSR count). The van der Waals surface area contributed by atoms with Crippen LogP contribution in [0.2, 0.25) is 0 Å². The Bertz CT molecular complexity index is 1120. The number of ether oxygens (including phenoxy) is 1. The van der Waals surface area contributed by atoms with Gasteiger partial charge in [-0.2, -0.15) is 9.78 Å². The van der Waals surface area contributed by atoms with Gasteiger partial charge in [-0.3, -0.25) is 0 Å². The lowest BCUT2D eigenvalue weighted by atomic mass is 10.1. The highest BCUT2D eigenvalue weighted by Gasteiger charge is 2.06. The lowest BCUT2D eigenvalue weighted by Gasteiger charge is -2.10. The van der Waals surface area contributed by atoms with Crippen LogP contribution in [0, 0.1) is 6.92 Å². The van der Waals surface area contributed by atoms with Gasteiger partial charge in [0.2, 0.25) is 5.16 Å². The van der Waals surface area contributed by atoms with Gasteiger partial charge in [-0.25, -0.2) is 0 Å². The molecule has 0 atom stereocenters. The molecular weight excluding hydrogens is 392 g/mol. The van der Waals surface area contributed by atoms with Gasteiger partial charge < -0.3 is 4.74 Å². The van der Waals surface area contributed by atoms with Crippen molar-refractivity contribution in [2.24, 2.45) is 5.10 Å². The molecule has 0 saturated carbocycles. The average molecular weight is 415 g/mol. The molecule has 30 heavy (non-hydrogen) atoms. The zero-order chi connectivity index (χ0) is 20.6. The fourth-order valence-electron chi connectivity index (χ4n) is 2.89. The largest absolute Gasteiger partial charge is 0.488 e. The van der Waals surface area contributed by atoms with Crippen molar-refractivity contribution >= 4 is 18.0 Å². The maximum Gasteiger partial charge on any atom is 0.212 e. The quantitative estimate of drug-likeness (QED) is 0.288. The zero-order valence-electron chi connectivity index (χ0n) is 16.7. The molecule has 0 spiro atoms. The van der Waals surface area contributed by atoms with Crippen LogP contribution < -0.4 is 4.74 Å². The topological polar surface area (TPSA) is 52.3 Å². The third-order valence-corrected chi connectivity index (χ3v) is 5.60. The molecule has 6 heteroatoms. The zero-order valence-corrected chi connectivity index (χ0v) is 17.5. The van der Waals surface area contributed by atoms with Crippen LogP contribution in [0.4, 0.5) is 0 Å². The molecule has 5 nitrogen and oxygen atoms in total. The molecule has 0 aliphatic carbocycles. The normalized spacial score (nSPS) is 11.1. The van der Waals surface area contributed by atoms with Crippen molar-refractivity contribution in [3.63, 3.8) is 0 Å². The van der Waals surface area contributed by atoms with Crippen LogP contribution >= 0.6 is 11.8 Å². The van der Waals surface area contributed by atoms with Gasteiger partial charge in [-0.1, -0.05) is 78.5 Å². The Kier molecular flexibility index (Phi) is 6.57. The molecular formula is C24H22N4OS. The molecule has 0 unspecified atom stereocenters. The van der Waals surface area contributed by atoms with E-state index in [9.17, 15) is 0 Å². The van der Waals surface area contributed by atoms with Crippen molar-refractivity contribution in [2.45, 2.75) is 24.4 Å². The van der Waals surface area contributed by atoms with Crippen LogP contribution in [0.5, 0.6) is 5.75 Å². The van der Waals surface area contributed by atoms with E-state index in [0.717, 1.165) is 22.2 Å². The van der Waals surface area contributed by atoms with E-state index >= 15 is 0 Å². The predicted octanol–water partition coefficient (Wildman–Crippen LogP) is 5.34. The molecule has 0 aliphatic rings. The van der Waals surface area contributed by atoms with Gasteiger partial charge in [0.1, 0.15) is 18.7 Å². The van der Waals surface area contributed by atoms with E-state index in [2.05, 4.69) is 46.5 Å². The molecule has 0 saturated heterocycles. The molecule has 0 N–H and O–H groups in total. The van der Waals surface area contributed by atoms with Crippen LogP contribution in [-0.4, -0.2) is 21.1 Å². The average Bonchev–Trinajstić information content (AvgIpc) is 3.24. The first-order valence-corrected chi connectivity index (χ1v) is 10.7. The number of nitrogens with zero attached hydrogens (tertiary/aromatic N) is 4. The highest BCUT2D eigenvalue weighted by atomic mass is 32.2.